The lowest BCUT2D eigenvalue weighted by Gasteiger charge is -2.29. The first-order chi connectivity index (χ1) is 17.1. The Morgan fingerprint density at radius 2 is 1.84 bits per heavy atom. The van der Waals surface area contributed by atoms with E-state index in [1.807, 2.05) is 6.92 Å². The monoisotopic (exact) mass is 537 g/mol. The second-order valence-electron chi connectivity index (χ2n) is 11.1. The summed E-state index contributed by atoms with van der Waals surface area (Å²) in [6.07, 6.45) is -0.446. The van der Waals surface area contributed by atoms with Gasteiger partial charge >= 0.3 is 6.09 Å². The number of nitrogens with zero attached hydrogens (tertiary/aromatic N) is 1. The van der Waals surface area contributed by atoms with E-state index < -0.39 is 56.8 Å². The molecular weight excluding hydrogens is 498 g/mol. The van der Waals surface area contributed by atoms with E-state index in [0.29, 0.717) is 5.56 Å². The van der Waals surface area contributed by atoms with Gasteiger partial charge in [0.25, 0.3) is 5.91 Å². The van der Waals surface area contributed by atoms with Crippen LogP contribution >= 0.6 is 0 Å². The Hall–Kier alpha value is -2.66. The first-order valence-electron chi connectivity index (χ1n) is 12.7. The zero-order valence-corrected chi connectivity index (χ0v) is 23.2. The van der Waals surface area contributed by atoms with Gasteiger partial charge in [-0.15, -0.1) is 0 Å². The number of aliphatic hydroxyl groups excluding tert-OH is 1. The SMILES string of the molecule is CC[C@H](NC(=O)C1CC(S(=O)(=O)c2ccc(C)cc2C)CN1C(=O)OC(C)(C)C)[C@H](O)C(=O)NC1CC1. The molecule has 10 nitrogen and oxygen atoms in total. The van der Waals surface area contributed by atoms with Gasteiger partial charge in [-0.3, -0.25) is 14.5 Å². The third kappa shape index (κ3) is 7.01. The van der Waals surface area contributed by atoms with Crippen LogP contribution in [0, 0.1) is 13.8 Å². The fourth-order valence-corrected chi connectivity index (χ4v) is 6.39. The Kier molecular flexibility index (Phi) is 8.58. The van der Waals surface area contributed by atoms with Crippen LogP contribution in [0.4, 0.5) is 4.79 Å². The maximum absolute atomic E-state index is 13.6. The molecule has 3 N–H and O–H groups in total. The number of carbonyl (C=O) groups is 3. The summed E-state index contributed by atoms with van der Waals surface area (Å²) in [4.78, 5) is 40.1. The molecular formula is C26H39N3O7S. The van der Waals surface area contributed by atoms with Gasteiger partial charge in [-0.25, -0.2) is 13.2 Å². The number of aliphatic hydroxyl groups is 1. The van der Waals surface area contributed by atoms with E-state index >= 15 is 0 Å². The minimum absolute atomic E-state index is 0.0454. The number of carbonyl (C=O) groups excluding carboxylic acids is 3. The number of amides is 3. The molecule has 1 aliphatic heterocycles. The summed E-state index contributed by atoms with van der Waals surface area (Å²) in [5.41, 5.74) is 0.657. The van der Waals surface area contributed by atoms with Crippen LogP contribution in [0.25, 0.3) is 0 Å². The van der Waals surface area contributed by atoms with Gasteiger partial charge in [0, 0.05) is 12.6 Å². The lowest BCUT2D eigenvalue weighted by molar-refractivity contribution is -0.133. The molecule has 1 saturated carbocycles. The third-order valence-electron chi connectivity index (χ3n) is 6.61. The normalized spacial score (nSPS) is 21.8. The molecule has 1 heterocycles. The zero-order chi connectivity index (χ0) is 27.7. The summed E-state index contributed by atoms with van der Waals surface area (Å²) in [5.74, 6) is -1.21. The lowest BCUT2D eigenvalue weighted by Crippen LogP contribution is -2.55. The van der Waals surface area contributed by atoms with Crippen molar-refractivity contribution in [2.45, 2.75) is 107 Å². The Morgan fingerprint density at radius 1 is 1.19 bits per heavy atom. The first kappa shape index (κ1) is 28.9. The summed E-state index contributed by atoms with van der Waals surface area (Å²) < 4.78 is 32.6. The van der Waals surface area contributed by atoms with Crippen molar-refractivity contribution < 1.29 is 32.6 Å². The number of sulfone groups is 1. The summed E-state index contributed by atoms with van der Waals surface area (Å²) in [7, 11) is -3.88. The molecule has 2 unspecified atom stereocenters. The largest absolute Gasteiger partial charge is 0.444 e. The summed E-state index contributed by atoms with van der Waals surface area (Å²) in [5, 5.41) is 14.9. The minimum Gasteiger partial charge on any atom is -0.444 e. The Bertz CT molecular complexity index is 1140. The van der Waals surface area contributed by atoms with Crippen molar-refractivity contribution in [3.05, 3.63) is 29.3 Å². The third-order valence-corrected chi connectivity index (χ3v) is 8.90. The standard InChI is InChI=1S/C26H39N3O7S/c1-7-19(22(30)24(32)27-17-9-10-17)28-23(31)20-13-18(14-29(20)25(33)36-26(4,5)6)37(34,35)21-11-8-15(2)12-16(21)3/h8,11-12,17-20,22,30H,7,9-10,13-14H2,1-6H3,(H,27,32)(H,28,31)/t18?,19-,20?,22-/m0/s1. The Morgan fingerprint density at radius 3 is 2.38 bits per heavy atom. The Balaban J connectivity index is 1.84. The summed E-state index contributed by atoms with van der Waals surface area (Å²) in [6.45, 7) is 10.1. The van der Waals surface area contributed by atoms with Crippen LogP contribution < -0.4 is 10.6 Å². The number of hydrogen-bond acceptors (Lipinski definition) is 7. The first-order valence-corrected chi connectivity index (χ1v) is 14.3. The smallest absolute Gasteiger partial charge is 0.411 e. The average Bonchev–Trinajstić information content (AvgIpc) is 3.47. The topological polar surface area (TPSA) is 142 Å². The van der Waals surface area contributed by atoms with Crippen molar-refractivity contribution >= 4 is 27.7 Å². The number of benzene rings is 1. The highest BCUT2D eigenvalue weighted by Crippen LogP contribution is 2.31. The van der Waals surface area contributed by atoms with Crippen molar-refractivity contribution in [3.63, 3.8) is 0 Å². The van der Waals surface area contributed by atoms with Crippen LogP contribution in [0.1, 0.15) is 64.5 Å². The van der Waals surface area contributed by atoms with Crippen molar-refractivity contribution in [1.29, 1.82) is 0 Å². The maximum Gasteiger partial charge on any atom is 0.411 e. The predicted molar refractivity (Wildman–Crippen MR) is 138 cm³/mol. The van der Waals surface area contributed by atoms with Crippen LogP contribution in [0.2, 0.25) is 0 Å². The molecule has 2 fully saturated rings. The van der Waals surface area contributed by atoms with Crippen LogP contribution in [-0.4, -0.2) is 78.0 Å². The summed E-state index contributed by atoms with van der Waals surface area (Å²) in [6, 6.07) is 3.04. The number of aryl methyl sites for hydroxylation is 2. The molecule has 11 heteroatoms. The fraction of sp³-hybridized carbons (Fsp3) is 0.654. The maximum atomic E-state index is 13.6. The molecule has 1 aromatic rings. The lowest BCUT2D eigenvalue weighted by atomic mass is 10.1. The molecule has 3 amide bonds. The summed E-state index contributed by atoms with van der Waals surface area (Å²) >= 11 is 0. The van der Waals surface area contributed by atoms with Crippen LogP contribution in [0.3, 0.4) is 0 Å². The van der Waals surface area contributed by atoms with Crippen LogP contribution in [0.15, 0.2) is 23.1 Å². The minimum atomic E-state index is -3.88. The molecule has 0 spiro atoms. The second-order valence-corrected chi connectivity index (χ2v) is 13.3. The molecule has 0 bridgehead atoms. The van der Waals surface area contributed by atoms with E-state index in [4.69, 9.17) is 4.74 Å². The van der Waals surface area contributed by atoms with Crippen molar-refractivity contribution in [2.24, 2.45) is 0 Å². The number of hydrogen-bond donors (Lipinski definition) is 3. The number of rotatable bonds is 8. The van der Waals surface area contributed by atoms with Crippen molar-refractivity contribution in [2.75, 3.05) is 6.54 Å². The van der Waals surface area contributed by atoms with E-state index in [1.54, 1.807) is 52.8 Å². The van der Waals surface area contributed by atoms with E-state index in [0.717, 1.165) is 23.3 Å². The molecule has 1 aliphatic carbocycles. The highest BCUT2D eigenvalue weighted by molar-refractivity contribution is 7.92. The van der Waals surface area contributed by atoms with Gasteiger partial charge in [0.15, 0.2) is 15.9 Å². The number of likely N-dealkylation sites (tertiary alicyclic amines) is 1. The molecule has 0 aromatic heterocycles. The van der Waals surface area contributed by atoms with E-state index in [-0.39, 0.29) is 30.3 Å². The van der Waals surface area contributed by atoms with Gasteiger partial charge in [-0.05, 0) is 71.9 Å². The van der Waals surface area contributed by atoms with Crippen molar-refractivity contribution in [1.82, 2.24) is 15.5 Å². The van der Waals surface area contributed by atoms with Gasteiger partial charge in [0.1, 0.15) is 11.6 Å². The molecule has 2 aliphatic rings. The van der Waals surface area contributed by atoms with Gasteiger partial charge in [-0.1, -0.05) is 24.6 Å². The molecule has 0 radical (unpaired) electrons. The van der Waals surface area contributed by atoms with Crippen molar-refractivity contribution in [3.8, 4) is 0 Å². The predicted octanol–water partition coefficient (Wildman–Crippen LogP) is 1.99. The van der Waals surface area contributed by atoms with E-state index in [2.05, 4.69) is 10.6 Å². The molecule has 1 aromatic carbocycles. The molecule has 3 rings (SSSR count). The average molecular weight is 538 g/mol. The zero-order valence-electron chi connectivity index (χ0n) is 22.4. The van der Waals surface area contributed by atoms with E-state index in [9.17, 15) is 27.9 Å². The van der Waals surface area contributed by atoms with Crippen LogP contribution in [0.5, 0.6) is 0 Å². The van der Waals surface area contributed by atoms with Gasteiger partial charge in [0.05, 0.1) is 16.2 Å². The molecule has 37 heavy (non-hydrogen) atoms. The number of ether oxygens (including phenoxy) is 1. The fourth-order valence-electron chi connectivity index (χ4n) is 4.47. The molecule has 1 saturated heterocycles. The van der Waals surface area contributed by atoms with Gasteiger partial charge in [-0.2, -0.15) is 0 Å². The second kappa shape index (κ2) is 11.0. The quantitative estimate of drug-likeness (QED) is 0.460. The van der Waals surface area contributed by atoms with E-state index in [1.165, 1.54) is 0 Å². The highest BCUT2D eigenvalue weighted by atomic mass is 32.2. The highest BCUT2D eigenvalue weighted by Gasteiger charge is 2.47. The number of nitrogens with one attached hydrogen (secondary N) is 2. The van der Waals surface area contributed by atoms with Crippen LogP contribution in [-0.2, 0) is 24.2 Å². The van der Waals surface area contributed by atoms with Gasteiger partial charge < -0.3 is 20.5 Å². The molecule has 4 atom stereocenters. The Labute approximate surface area is 219 Å². The molecule has 206 valence electrons. The van der Waals surface area contributed by atoms with Gasteiger partial charge in [0.2, 0.25) is 5.91 Å².